The molecule has 7 heteroatoms. The summed E-state index contributed by atoms with van der Waals surface area (Å²) in [4.78, 5) is 24.3. The Morgan fingerprint density at radius 1 is 1.11 bits per heavy atom. The molecular weight excluding hydrogens is 376 g/mol. The van der Waals surface area contributed by atoms with Gasteiger partial charge in [0, 0.05) is 34.6 Å². The van der Waals surface area contributed by atoms with Gasteiger partial charge < -0.3 is 10.6 Å². The SMILES string of the molecule is CNC(=O)c1cccc(NC(=O)Cc2c(C)nn(-c3ccc(Cl)cc3)c2C)c1. The molecule has 0 aliphatic rings. The lowest BCUT2D eigenvalue weighted by Gasteiger charge is -2.08. The molecular formula is C21H21ClN4O2. The first-order chi connectivity index (χ1) is 13.4. The lowest BCUT2D eigenvalue weighted by molar-refractivity contribution is -0.115. The summed E-state index contributed by atoms with van der Waals surface area (Å²) in [7, 11) is 1.57. The van der Waals surface area contributed by atoms with Crippen molar-refractivity contribution in [1.29, 1.82) is 0 Å². The minimum Gasteiger partial charge on any atom is -0.355 e. The van der Waals surface area contributed by atoms with Crippen LogP contribution in [0.2, 0.25) is 5.02 Å². The van der Waals surface area contributed by atoms with Gasteiger partial charge in [0.2, 0.25) is 5.91 Å². The number of nitrogens with one attached hydrogen (secondary N) is 2. The van der Waals surface area contributed by atoms with Crippen LogP contribution in [0.5, 0.6) is 0 Å². The molecule has 3 rings (SSSR count). The van der Waals surface area contributed by atoms with Gasteiger partial charge in [0.15, 0.2) is 0 Å². The Balaban J connectivity index is 1.78. The van der Waals surface area contributed by atoms with Crippen molar-refractivity contribution in [3.63, 3.8) is 0 Å². The second-order valence-electron chi connectivity index (χ2n) is 6.42. The summed E-state index contributed by atoms with van der Waals surface area (Å²) in [6.45, 7) is 3.82. The van der Waals surface area contributed by atoms with Gasteiger partial charge >= 0.3 is 0 Å². The van der Waals surface area contributed by atoms with Gasteiger partial charge in [-0.05, 0) is 56.3 Å². The first-order valence-electron chi connectivity index (χ1n) is 8.82. The van der Waals surface area contributed by atoms with E-state index >= 15 is 0 Å². The second-order valence-corrected chi connectivity index (χ2v) is 6.86. The predicted octanol–water partition coefficient (Wildman–Crippen LogP) is 3.68. The fraction of sp³-hybridized carbons (Fsp3) is 0.190. The number of rotatable bonds is 5. The van der Waals surface area contributed by atoms with Crippen LogP contribution in [0.15, 0.2) is 48.5 Å². The molecule has 0 bridgehead atoms. The number of hydrogen-bond donors (Lipinski definition) is 2. The highest BCUT2D eigenvalue weighted by molar-refractivity contribution is 6.30. The summed E-state index contributed by atoms with van der Waals surface area (Å²) >= 11 is 5.95. The van der Waals surface area contributed by atoms with E-state index in [1.807, 2.05) is 26.0 Å². The summed E-state index contributed by atoms with van der Waals surface area (Å²) in [6.07, 6.45) is 0.190. The zero-order valence-electron chi connectivity index (χ0n) is 15.9. The minimum atomic E-state index is -0.202. The van der Waals surface area contributed by atoms with Crippen LogP contribution >= 0.6 is 11.6 Å². The second kappa shape index (κ2) is 8.27. The lowest BCUT2D eigenvalue weighted by atomic mass is 10.1. The Morgan fingerprint density at radius 2 is 1.82 bits per heavy atom. The summed E-state index contributed by atoms with van der Waals surface area (Å²) in [5.74, 6) is -0.372. The average molecular weight is 397 g/mol. The van der Waals surface area contributed by atoms with Crippen LogP contribution in [0.1, 0.15) is 27.3 Å². The fourth-order valence-corrected chi connectivity index (χ4v) is 3.14. The first-order valence-corrected chi connectivity index (χ1v) is 9.20. The van der Waals surface area contributed by atoms with E-state index in [2.05, 4.69) is 15.7 Å². The van der Waals surface area contributed by atoms with E-state index in [0.717, 1.165) is 22.6 Å². The Labute approximate surface area is 168 Å². The summed E-state index contributed by atoms with van der Waals surface area (Å²) in [6, 6.07) is 14.2. The molecule has 0 unspecified atom stereocenters. The van der Waals surface area contributed by atoms with E-state index in [4.69, 9.17) is 11.6 Å². The number of amides is 2. The van der Waals surface area contributed by atoms with Gasteiger partial charge in [-0.3, -0.25) is 9.59 Å². The molecule has 0 atom stereocenters. The zero-order valence-corrected chi connectivity index (χ0v) is 16.7. The van der Waals surface area contributed by atoms with Crippen LogP contribution in [0.25, 0.3) is 5.69 Å². The number of carbonyl (C=O) groups is 2. The summed E-state index contributed by atoms with van der Waals surface area (Å²) in [5, 5.41) is 10.6. The van der Waals surface area contributed by atoms with E-state index in [-0.39, 0.29) is 18.2 Å². The number of halogens is 1. The standard InChI is InChI=1S/C21H21ClN4O2/c1-13-19(14(2)26(25-13)18-9-7-16(22)8-10-18)12-20(27)24-17-6-4-5-15(11-17)21(28)23-3/h4-11H,12H2,1-3H3,(H,23,28)(H,24,27). The molecule has 1 heterocycles. The van der Waals surface area contributed by atoms with Crippen molar-refractivity contribution in [1.82, 2.24) is 15.1 Å². The molecule has 0 saturated carbocycles. The molecule has 0 aliphatic carbocycles. The molecule has 0 fully saturated rings. The van der Waals surface area contributed by atoms with Crippen molar-refractivity contribution in [2.45, 2.75) is 20.3 Å². The third kappa shape index (κ3) is 4.23. The van der Waals surface area contributed by atoms with Gasteiger partial charge in [-0.2, -0.15) is 5.10 Å². The Bertz CT molecular complexity index is 1030. The molecule has 0 spiro atoms. The molecule has 2 aromatic carbocycles. The van der Waals surface area contributed by atoms with Crippen LogP contribution < -0.4 is 10.6 Å². The maximum atomic E-state index is 12.6. The highest BCUT2D eigenvalue weighted by Crippen LogP contribution is 2.21. The van der Waals surface area contributed by atoms with Crippen molar-refractivity contribution in [2.24, 2.45) is 0 Å². The van der Waals surface area contributed by atoms with Gasteiger partial charge in [0.25, 0.3) is 5.91 Å². The molecule has 6 nitrogen and oxygen atoms in total. The third-order valence-corrected chi connectivity index (χ3v) is 4.74. The first kappa shape index (κ1) is 19.6. The van der Waals surface area contributed by atoms with Crippen LogP contribution in [-0.2, 0) is 11.2 Å². The predicted molar refractivity (Wildman–Crippen MR) is 110 cm³/mol. The van der Waals surface area contributed by atoms with Gasteiger partial charge in [0.05, 0.1) is 17.8 Å². The molecule has 1 aromatic heterocycles. The normalized spacial score (nSPS) is 10.6. The average Bonchev–Trinajstić information content (AvgIpc) is 2.96. The number of aromatic nitrogens is 2. The molecule has 0 radical (unpaired) electrons. The number of hydrogen-bond acceptors (Lipinski definition) is 3. The maximum absolute atomic E-state index is 12.6. The number of aryl methyl sites for hydroxylation is 1. The maximum Gasteiger partial charge on any atom is 0.251 e. The van der Waals surface area contributed by atoms with Gasteiger partial charge in [-0.15, -0.1) is 0 Å². The number of carbonyl (C=O) groups excluding carboxylic acids is 2. The number of anilines is 1. The van der Waals surface area contributed by atoms with Crippen molar-refractivity contribution >= 4 is 29.1 Å². The van der Waals surface area contributed by atoms with Crippen molar-refractivity contribution < 1.29 is 9.59 Å². The highest BCUT2D eigenvalue weighted by Gasteiger charge is 2.16. The van der Waals surface area contributed by atoms with Gasteiger partial charge in [-0.1, -0.05) is 17.7 Å². The Morgan fingerprint density at radius 3 is 2.50 bits per heavy atom. The lowest BCUT2D eigenvalue weighted by Crippen LogP contribution is -2.19. The van der Waals surface area contributed by atoms with E-state index in [1.54, 1.807) is 48.1 Å². The Kier molecular flexibility index (Phi) is 5.80. The quantitative estimate of drug-likeness (QED) is 0.690. The molecule has 2 amide bonds. The number of benzene rings is 2. The molecule has 3 aromatic rings. The largest absolute Gasteiger partial charge is 0.355 e. The van der Waals surface area contributed by atoms with Crippen LogP contribution in [0.4, 0.5) is 5.69 Å². The van der Waals surface area contributed by atoms with E-state index < -0.39 is 0 Å². The van der Waals surface area contributed by atoms with Gasteiger partial charge in [-0.25, -0.2) is 4.68 Å². The molecule has 144 valence electrons. The topological polar surface area (TPSA) is 76.0 Å². The van der Waals surface area contributed by atoms with Gasteiger partial charge in [0.1, 0.15) is 0 Å². The molecule has 0 aliphatic heterocycles. The van der Waals surface area contributed by atoms with Crippen molar-refractivity contribution in [3.8, 4) is 5.69 Å². The highest BCUT2D eigenvalue weighted by atomic mass is 35.5. The molecule has 28 heavy (non-hydrogen) atoms. The summed E-state index contributed by atoms with van der Waals surface area (Å²) < 4.78 is 1.81. The van der Waals surface area contributed by atoms with Crippen molar-refractivity contribution in [3.05, 3.63) is 76.1 Å². The fourth-order valence-electron chi connectivity index (χ4n) is 3.01. The zero-order chi connectivity index (χ0) is 20.3. The van der Waals surface area contributed by atoms with Crippen LogP contribution in [0, 0.1) is 13.8 Å². The third-order valence-electron chi connectivity index (χ3n) is 4.49. The molecule has 2 N–H and O–H groups in total. The molecule has 0 saturated heterocycles. The van der Waals surface area contributed by atoms with E-state index in [1.165, 1.54) is 0 Å². The minimum absolute atomic E-state index is 0.170. The van der Waals surface area contributed by atoms with E-state index in [0.29, 0.717) is 16.3 Å². The summed E-state index contributed by atoms with van der Waals surface area (Å²) in [5.41, 5.74) is 4.51. The van der Waals surface area contributed by atoms with Crippen molar-refractivity contribution in [2.75, 3.05) is 12.4 Å². The number of nitrogens with zero attached hydrogens (tertiary/aromatic N) is 2. The van der Waals surface area contributed by atoms with Crippen LogP contribution in [-0.4, -0.2) is 28.6 Å². The monoisotopic (exact) mass is 396 g/mol. The smallest absolute Gasteiger partial charge is 0.251 e. The van der Waals surface area contributed by atoms with E-state index in [9.17, 15) is 9.59 Å². The Hall–Kier alpha value is -3.12. The van der Waals surface area contributed by atoms with Crippen LogP contribution in [0.3, 0.4) is 0 Å².